The van der Waals surface area contributed by atoms with E-state index >= 15 is 0 Å². The molecular formula is C15H14ClNO4. The summed E-state index contributed by atoms with van der Waals surface area (Å²) < 4.78 is 10.3. The number of carbonyl (C=O) groups excluding carboxylic acids is 1. The number of phenols is 1. The van der Waals surface area contributed by atoms with E-state index < -0.39 is 0 Å². The first-order chi connectivity index (χ1) is 10.0. The molecule has 0 aliphatic carbocycles. The van der Waals surface area contributed by atoms with Gasteiger partial charge in [-0.05, 0) is 36.4 Å². The fourth-order valence-corrected chi connectivity index (χ4v) is 1.96. The summed E-state index contributed by atoms with van der Waals surface area (Å²) in [5.41, 5.74) is 0.800. The third kappa shape index (κ3) is 3.38. The fraction of sp³-hybridized carbons (Fsp3) is 0.133. The highest BCUT2D eigenvalue weighted by atomic mass is 35.5. The normalized spacial score (nSPS) is 10.0. The van der Waals surface area contributed by atoms with Crippen LogP contribution in [0.15, 0.2) is 36.4 Å². The number of halogens is 1. The zero-order valence-electron chi connectivity index (χ0n) is 11.5. The summed E-state index contributed by atoms with van der Waals surface area (Å²) in [6.07, 6.45) is 0. The van der Waals surface area contributed by atoms with E-state index in [0.29, 0.717) is 22.7 Å². The van der Waals surface area contributed by atoms with Crippen LogP contribution < -0.4 is 14.8 Å². The van der Waals surface area contributed by atoms with Crippen molar-refractivity contribution < 1.29 is 19.4 Å². The molecule has 0 spiro atoms. The molecule has 2 rings (SSSR count). The molecule has 2 aromatic rings. The number of aromatic hydroxyl groups is 1. The van der Waals surface area contributed by atoms with E-state index in [1.807, 2.05) is 0 Å². The third-order valence-corrected chi connectivity index (χ3v) is 3.16. The van der Waals surface area contributed by atoms with Crippen LogP contribution in [0.25, 0.3) is 0 Å². The number of methoxy groups -OCH3 is 2. The summed E-state index contributed by atoms with van der Waals surface area (Å²) in [6.45, 7) is 0. The molecule has 0 saturated heterocycles. The Morgan fingerprint density at radius 1 is 1.14 bits per heavy atom. The number of carbonyl (C=O) groups is 1. The number of hydrogen-bond donors (Lipinski definition) is 2. The number of amides is 1. The Labute approximate surface area is 127 Å². The largest absolute Gasteiger partial charge is 0.506 e. The zero-order chi connectivity index (χ0) is 15.4. The summed E-state index contributed by atoms with van der Waals surface area (Å²) in [7, 11) is 3.00. The minimum absolute atomic E-state index is 0.0476. The van der Waals surface area contributed by atoms with E-state index in [0.717, 1.165) is 0 Å². The molecule has 0 bridgehead atoms. The van der Waals surface area contributed by atoms with Crippen molar-refractivity contribution in [3.05, 3.63) is 47.0 Å². The Bertz CT molecular complexity index is 673. The molecule has 0 aromatic heterocycles. The van der Waals surface area contributed by atoms with Crippen LogP contribution >= 0.6 is 11.6 Å². The Morgan fingerprint density at radius 2 is 1.90 bits per heavy atom. The Hall–Kier alpha value is -2.40. The first-order valence-electron chi connectivity index (χ1n) is 6.07. The van der Waals surface area contributed by atoms with E-state index in [1.54, 1.807) is 24.3 Å². The molecule has 0 unspecified atom stereocenters. The molecule has 21 heavy (non-hydrogen) atoms. The van der Waals surface area contributed by atoms with Crippen molar-refractivity contribution in [1.29, 1.82) is 0 Å². The van der Waals surface area contributed by atoms with E-state index in [2.05, 4.69) is 5.32 Å². The van der Waals surface area contributed by atoms with Crippen molar-refractivity contribution >= 4 is 23.2 Å². The van der Waals surface area contributed by atoms with E-state index in [9.17, 15) is 9.90 Å². The average molecular weight is 308 g/mol. The maximum Gasteiger partial charge on any atom is 0.259 e. The summed E-state index contributed by atoms with van der Waals surface area (Å²) in [5.74, 6) is 0.559. The molecule has 0 atom stereocenters. The second-order valence-corrected chi connectivity index (χ2v) is 4.59. The smallest absolute Gasteiger partial charge is 0.259 e. The van der Waals surface area contributed by atoms with Gasteiger partial charge in [-0.2, -0.15) is 0 Å². The molecule has 0 radical (unpaired) electrons. The van der Waals surface area contributed by atoms with Crippen LogP contribution in [0.4, 0.5) is 5.69 Å². The molecule has 0 heterocycles. The molecule has 2 aromatic carbocycles. The van der Waals surface area contributed by atoms with Crippen LogP contribution in [0.1, 0.15) is 10.4 Å². The molecule has 5 nitrogen and oxygen atoms in total. The molecule has 6 heteroatoms. The van der Waals surface area contributed by atoms with Crippen LogP contribution in [0.2, 0.25) is 5.02 Å². The maximum atomic E-state index is 12.3. The van der Waals surface area contributed by atoms with Gasteiger partial charge < -0.3 is 19.9 Å². The van der Waals surface area contributed by atoms with Gasteiger partial charge in [0.2, 0.25) is 0 Å². The standard InChI is InChI=1S/C15H14ClNO4/c1-20-10-4-6-14(21-2)11(8-10)15(19)17-9-3-5-13(18)12(16)7-9/h3-8,18H,1-2H3,(H,17,19). The van der Waals surface area contributed by atoms with Crippen molar-refractivity contribution in [3.63, 3.8) is 0 Å². The van der Waals surface area contributed by atoms with Crippen LogP contribution in [0.3, 0.4) is 0 Å². The second-order valence-electron chi connectivity index (χ2n) is 4.19. The van der Waals surface area contributed by atoms with Crippen molar-refractivity contribution in [2.75, 3.05) is 19.5 Å². The second kappa shape index (κ2) is 6.37. The third-order valence-electron chi connectivity index (χ3n) is 2.86. The summed E-state index contributed by atoms with van der Waals surface area (Å²) in [5, 5.41) is 12.2. The van der Waals surface area contributed by atoms with Gasteiger partial charge in [0.1, 0.15) is 17.2 Å². The lowest BCUT2D eigenvalue weighted by Gasteiger charge is -2.11. The van der Waals surface area contributed by atoms with Gasteiger partial charge in [-0.25, -0.2) is 0 Å². The highest BCUT2D eigenvalue weighted by Crippen LogP contribution is 2.28. The van der Waals surface area contributed by atoms with E-state index in [1.165, 1.54) is 26.4 Å². The Kier molecular flexibility index (Phi) is 4.55. The lowest BCUT2D eigenvalue weighted by atomic mass is 10.1. The molecule has 0 aliphatic rings. The van der Waals surface area contributed by atoms with E-state index in [4.69, 9.17) is 21.1 Å². The SMILES string of the molecule is COc1ccc(OC)c(C(=O)Nc2ccc(O)c(Cl)c2)c1. The lowest BCUT2D eigenvalue weighted by molar-refractivity contribution is 0.102. The van der Waals surface area contributed by atoms with Gasteiger partial charge in [0, 0.05) is 5.69 Å². The fourth-order valence-electron chi connectivity index (χ4n) is 1.77. The first kappa shape index (κ1) is 15.0. The van der Waals surface area contributed by atoms with Crippen LogP contribution in [-0.4, -0.2) is 25.2 Å². The summed E-state index contributed by atoms with van der Waals surface area (Å²) in [4.78, 5) is 12.3. The molecule has 0 saturated carbocycles. The van der Waals surface area contributed by atoms with Gasteiger partial charge in [0.05, 0.1) is 24.8 Å². The summed E-state index contributed by atoms with van der Waals surface area (Å²) in [6, 6.07) is 9.34. The topological polar surface area (TPSA) is 67.8 Å². The average Bonchev–Trinajstić information content (AvgIpc) is 2.50. The maximum absolute atomic E-state index is 12.3. The molecule has 0 fully saturated rings. The monoisotopic (exact) mass is 307 g/mol. The number of rotatable bonds is 4. The highest BCUT2D eigenvalue weighted by Gasteiger charge is 2.14. The van der Waals surface area contributed by atoms with Crippen LogP contribution in [0.5, 0.6) is 17.2 Å². The van der Waals surface area contributed by atoms with Gasteiger partial charge in [0.25, 0.3) is 5.91 Å². The van der Waals surface area contributed by atoms with Gasteiger partial charge in [-0.15, -0.1) is 0 Å². The number of ether oxygens (including phenoxy) is 2. The number of benzene rings is 2. The van der Waals surface area contributed by atoms with Gasteiger partial charge >= 0.3 is 0 Å². The number of nitrogens with one attached hydrogen (secondary N) is 1. The molecule has 110 valence electrons. The quantitative estimate of drug-likeness (QED) is 0.850. The van der Waals surface area contributed by atoms with Crippen LogP contribution in [-0.2, 0) is 0 Å². The molecular weight excluding hydrogens is 294 g/mol. The predicted molar refractivity (Wildman–Crippen MR) is 80.6 cm³/mol. The minimum atomic E-state index is -0.368. The van der Waals surface area contributed by atoms with Crippen molar-refractivity contribution in [1.82, 2.24) is 0 Å². The van der Waals surface area contributed by atoms with Gasteiger partial charge in [0.15, 0.2) is 0 Å². The van der Waals surface area contributed by atoms with Gasteiger partial charge in [-0.3, -0.25) is 4.79 Å². The summed E-state index contributed by atoms with van der Waals surface area (Å²) >= 11 is 5.80. The van der Waals surface area contributed by atoms with Crippen molar-refractivity contribution in [3.8, 4) is 17.2 Å². The predicted octanol–water partition coefficient (Wildman–Crippen LogP) is 3.32. The van der Waals surface area contributed by atoms with Crippen molar-refractivity contribution in [2.24, 2.45) is 0 Å². The molecule has 0 aliphatic heterocycles. The number of phenolic OH excluding ortho intramolecular Hbond substituents is 1. The minimum Gasteiger partial charge on any atom is -0.506 e. The van der Waals surface area contributed by atoms with Gasteiger partial charge in [-0.1, -0.05) is 11.6 Å². The number of anilines is 1. The first-order valence-corrected chi connectivity index (χ1v) is 6.45. The highest BCUT2D eigenvalue weighted by molar-refractivity contribution is 6.32. The molecule has 2 N–H and O–H groups in total. The zero-order valence-corrected chi connectivity index (χ0v) is 12.3. The van der Waals surface area contributed by atoms with E-state index in [-0.39, 0.29) is 16.7 Å². The lowest BCUT2D eigenvalue weighted by Crippen LogP contribution is -2.13. The molecule has 1 amide bonds. The van der Waals surface area contributed by atoms with Crippen molar-refractivity contribution in [2.45, 2.75) is 0 Å². The number of hydrogen-bond acceptors (Lipinski definition) is 4. The Morgan fingerprint density at radius 3 is 2.52 bits per heavy atom. The Balaban J connectivity index is 2.28. The van der Waals surface area contributed by atoms with Crippen LogP contribution in [0, 0.1) is 0 Å².